The van der Waals surface area contributed by atoms with Crippen molar-refractivity contribution in [1.82, 2.24) is 0 Å². The van der Waals surface area contributed by atoms with E-state index in [0.717, 1.165) is 38.5 Å². The number of ether oxygens (including phenoxy) is 1. The minimum Gasteiger partial charge on any atom is -0.462 e. The average Bonchev–Trinajstić information content (AvgIpc) is 2.78. The highest BCUT2D eigenvalue weighted by Crippen LogP contribution is 2.75. The molecule has 5 aliphatic rings. The molecule has 0 unspecified atom stereocenters. The van der Waals surface area contributed by atoms with Gasteiger partial charge >= 0.3 is 5.97 Å². The molecule has 0 bridgehead atoms. The maximum absolute atomic E-state index is 11.9. The van der Waals surface area contributed by atoms with Crippen molar-refractivity contribution in [2.75, 3.05) is 0 Å². The molecule has 0 aromatic carbocycles. The number of fused-ring (bicyclic) bond motifs is 7. The minimum atomic E-state index is -0.147. The number of carbonyl (C=O) groups excluding carboxylic acids is 1. The van der Waals surface area contributed by atoms with Crippen molar-refractivity contribution in [3.05, 3.63) is 11.6 Å². The van der Waals surface area contributed by atoms with Crippen molar-refractivity contribution in [3.8, 4) is 6.07 Å². The van der Waals surface area contributed by atoms with Crippen LogP contribution in [0.5, 0.6) is 0 Å². The van der Waals surface area contributed by atoms with Gasteiger partial charge in [-0.15, -0.1) is 0 Å². The number of nitriles is 1. The zero-order valence-corrected chi connectivity index (χ0v) is 23.7. The second-order valence-electron chi connectivity index (χ2n) is 14.9. The zero-order valence-electron chi connectivity index (χ0n) is 23.7. The molecule has 10 atom stereocenters. The highest BCUT2D eigenvalue weighted by atomic mass is 16.5. The molecule has 35 heavy (non-hydrogen) atoms. The Bertz CT molecular complexity index is 975. The first-order valence-electron chi connectivity index (χ1n) is 14.6. The summed E-state index contributed by atoms with van der Waals surface area (Å²) < 4.78 is 5.89. The van der Waals surface area contributed by atoms with Crippen LogP contribution in [-0.4, -0.2) is 12.1 Å². The first-order chi connectivity index (χ1) is 16.3. The Labute approximate surface area is 214 Å². The molecular weight excluding hydrogens is 430 g/mol. The van der Waals surface area contributed by atoms with Gasteiger partial charge in [-0.25, -0.2) is 0 Å². The van der Waals surface area contributed by atoms with E-state index in [2.05, 4.69) is 60.6 Å². The summed E-state index contributed by atoms with van der Waals surface area (Å²) in [5.41, 5.74) is 2.21. The summed E-state index contributed by atoms with van der Waals surface area (Å²) in [5.74, 6) is 2.78. The van der Waals surface area contributed by atoms with E-state index in [-0.39, 0.29) is 39.1 Å². The van der Waals surface area contributed by atoms with Gasteiger partial charge in [-0.2, -0.15) is 5.26 Å². The van der Waals surface area contributed by atoms with Gasteiger partial charge in [-0.1, -0.05) is 60.1 Å². The molecule has 3 heteroatoms. The largest absolute Gasteiger partial charge is 0.462 e. The molecule has 0 aromatic heterocycles. The van der Waals surface area contributed by atoms with E-state index in [0.29, 0.717) is 29.6 Å². The van der Waals surface area contributed by atoms with E-state index >= 15 is 0 Å². The maximum Gasteiger partial charge on any atom is 0.302 e. The molecule has 0 aliphatic heterocycles. The summed E-state index contributed by atoms with van der Waals surface area (Å²) in [4.78, 5) is 11.9. The van der Waals surface area contributed by atoms with Crippen LogP contribution in [0.4, 0.5) is 0 Å². The SMILES string of the molecule is CC(=O)O[C@H]1CC[C@]2(C)[C@H]3CC=C4[C@@H]5[C@@H](C)[C@H](C)CC[C@]5(C#N)CC[C@@]4(C)[C@]3(C)CC[C@H]2C1(C)C. The second-order valence-corrected chi connectivity index (χ2v) is 14.9. The van der Waals surface area contributed by atoms with Crippen molar-refractivity contribution in [2.45, 2.75) is 119 Å². The highest BCUT2D eigenvalue weighted by Gasteiger charge is 2.69. The summed E-state index contributed by atoms with van der Waals surface area (Å²) in [5, 5.41) is 10.5. The van der Waals surface area contributed by atoms with Crippen LogP contribution in [0.15, 0.2) is 11.6 Å². The Morgan fingerprint density at radius 3 is 2.34 bits per heavy atom. The summed E-state index contributed by atoms with van der Waals surface area (Å²) in [6.45, 7) is 19.0. The van der Waals surface area contributed by atoms with Gasteiger partial charge in [-0.05, 0) is 97.7 Å². The Morgan fingerprint density at radius 1 is 0.971 bits per heavy atom. The molecule has 4 saturated carbocycles. The monoisotopic (exact) mass is 479 g/mol. The van der Waals surface area contributed by atoms with Gasteiger partial charge in [0.2, 0.25) is 0 Å². The minimum absolute atomic E-state index is 0.000733. The fourth-order valence-electron chi connectivity index (χ4n) is 11.1. The predicted molar refractivity (Wildman–Crippen MR) is 140 cm³/mol. The van der Waals surface area contributed by atoms with Crippen LogP contribution in [0.2, 0.25) is 0 Å². The van der Waals surface area contributed by atoms with Gasteiger partial charge in [0, 0.05) is 18.3 Å². The zero-order chi connectivity index (χ0) is 25.6. The number of hydrogen-bond acceptors (Lipinski definition) is 3. The van der Waals surface area contributed by atoms with Gasteiger partial charge in [-0.3, -0.25) is 4.79 Å². The maximum atomic E-state index is 11.9. The van der Waals surface area contributed by atoms with Crippen LogP contribution in [0.25, 0.3) is 0 Å². The molecular formula is C32H49NO2. The first kappa shape index (κ1) is 25.4. The normalized spacial score (nSPS) is 52.5. The third-order valence-electron chi connectivity index (χ3n) is 13.5. The molecule has 5 rings (SSSR count). The molecule has 0 aromatic rings. The van der Waals surface area contributed by atoms with Crippen molar-refractivity contribution < 1.29 is 9.53 Å². The summed E-state index contributed by atoms with van der Waals surface area (Å²) in [7, 11) is 0. The number of carbonyl (C=O) groups is 1. The third kappa shape index (κ3) is 3.16. The van der Waals surface area contributed by atoms with Gasteiger partial charge in [0.1, 0.15) is 6.10 Å². The lowest BCUT2D eigenvalue weighted by molar-refractivity contribution is -0.211. The number of allylic oxidation sites excluding steroid dienone is 2. The van der Waals surface area contributed by atoms with Crippen molar-refractivity contribution in [2.24, 2.45) is 56.7 Å². The molecule has 0 spiro atoms. The lowest BCUT2D eigenvalue weighted by Crippen LogP contribution is -2.65. The van der Waals surface area contributed by atoms with E-state index in [1.54, 1.807) is 12.5 Å². The molecule has 0 N–H and O–H groups in total. The number of nitrogens with zero attached hydrogens (tertiary/aromatic N) is 1. The fraction of sp³-hybridized carbons (Fsp3) is 0.875. The van der Waals surface area contributed by atoms with Crippen LogP contribution in [-0.2, 0) is 9.53 Å². The van der Waals surface area contributed by atoms with Crippen LogP contribution >= 0.6 is 0 Å². The van der Waals surface area contributed by atoms with E-state index in [1.807, 2.05) is 0 Å². The van der Waals surface area contributed by atoms with E-state index in [9.17, 15) is 10.1 Å². The fourth-order valence-corrected chi connectivity index (χ4v) is 11.1. The average molecular weight is 480 g/mol. The summed E-state index contributed by atoms with van der Waals surface area (Å²) in [6, 6.07) is 2.91. The number of rotatable bonds is 1. The second kappa shape index (κ2) is 7.85. The van der Waals surface area contributed by atoms with Crippen molar-refractivity contribution in [3.63, 3.8) is 0 Å². The third-order valence-corrected chi connectivity index (χ3v) is 13.5. The first-order valence-corrected chi connectivity index (χ1v) is 14.6. The Hall–Kier alpha value is -1.30. The van der Waals surface area contributed by atoms with Crippen LogP contribution in [0.1, 0.15) is 113 Å². The van der Waals surface area contributed by atoms with Gasteiger partial charge in [0.05, 0.1) is 11.5 Å². The molecule has 0 saturated heterocycles. The van der Waals surface area contributed by atoms with E-state index in [4.69, 9.17) is 4.74 Å². The molecule has 5 aliphatic carbocycles. The van der Waals surface area contributed by atoms with Crippen molar-refractivity contribution >= 4 is 5.97 Å². The quantitative estimate of drug-likeness (QED) is 0.282. The number of hydrogen-bond donors (Lipinski definition) is 0. The van der Waals surface area contributed by atoms with Crippen molar-refractivity contribution in [1.29, 1.82) is 5.26 Å². The molecule has 194 valence electrons. The Kier molecular flexibility index (Phi) is 5.69. The van der Waals surface area contributed by atoms with Crippen LogP contribution < -0.4 is 0 Å². The van der Waals surface area contributed by atoms with Gasteiger partial charge in [0.25, 0.3) is 0 Å². The molecule has 4 fully saturated rings. The predicted octanol–water partition coefficient (Wildman–Crippen LogP) is 8.10. The Balaban J connectivity index is 1.56. The smallest absolute Gasteiger partial charge is 0.302 e. The molecule has 0 radical (unpaired) electrons. The van der Waals surface area contributed by atoms with Crippen LogP contribution in [0, 0.1) is 68.0 Å². The van der Waals surface area contributed by atoms with Gasteiger partial charge < -0.3 is 4.74 Å². The summed E-state index contributed by atoms with van der Waals surface area (Å²) >= 11 is 0. The topological polar surface area (TPSA) is 50.1 Å². The van der Waals surface area contributed by atoms with E-state index < -0.39 is 0 Å². The van der Waals surface area contributed by atoms with Crippen LogP contribution in [0.3, 0.4) is 0 Å². The molecule has 0 amide bonds. The molecule has 0 heterocycles. The standard InChI is InChI=1S/C32H49NO2/c1-20-11-16-32(19-33)18-17-30(7)23(27(32)21(20)2)9-10-25-29(6)14-13-26(35-22(3)34)28(4,5)24(29)12-15-31(25,30)8/h9,20-21,24-27H,10-18H2,1-8H3/t20-,21+,24+,25-,26+,27+,29+,30-,31-,32-/m1/s1. The lowest BCUT2D eigenvalue weighted by atomic mass is 9.33. The summed E-state index contributed by atoms with van der Waals surface area (Å²) in [6.07, 6.45) is 13.0. The van der Waals surface area contributed by atoms with E-state index in [1.165, 1.54) is 19.3 Å². The molecule has 3 nitrogen and oxygen atoms in total. The van der Waals surface area contributed by atoms with Gasteiger partial charge in [0.15, 0.2) is 0 Å². The lowest BCUT2D eigenvalue weighted by Gasteiger charge is -2.71. The highest BCUT2D eigenvalue weighted by molar-refractivity contribution is 5.66. The number of esters is 1. The Morgan fingerprint density at radius 2 is 1.69 bits per heavy atom.